The normalized spacial score (nSPS) is 9.73. The molecule has 0 unspecified atom stereocenters. The van der Waals surface area contributed by atoms with Gasteiger partial charge in [-0.05, 0) is 12.1 Å². The highest BCUT2D eigenvalue weighted by molar-refractivity contribution is 5.89. The maximum absolute atomic E-state index is 11.1. The van der Waals surface area contributed by atoms with Crippen molar-refractivity contribution in [1.82, 2.24) is 0 Å². The maximum atomic E-state index is 11.1. The van der Waals surface area contributed by atoms with Crippen LogP contribution in [-0.2, 0) is 11.3 Å². The van der Waals surface area contributed by atoms with Crippen LogP contribution < -0.4 is 5.73 Å². The topological polar surface area (TPSA) is 95.5 Å². The first-order valence-corrected chi connectivity index (χ1v) is 4.16. The molecule has 1 aromatic rings. The third-order valence-corrected chi connectivity index (χ3v) is 1.92. The first-order valence-electron chi connectivity index (χ1n) is 4.16. The molecule has 0 aliphatic rings. The predicted molar refractivity (Wildman–Crippen MR) is 52.3 cm³/mol. The summed E-state index contributed by atoms with van der Waals surface area (Å²) in [6, 6.07) is 3.95. The van der Waals surface area contributed by atoms with E-state index in [0.717, 1.165) is 0 Å². The molecule has 0 heterocycles. The van der Waals surface area contributed by atoms with Gasteiger partial charge in [-0.15, -0.1) is 0 Å². The molecule has 1 rings (SSSR count). The van der Waals surface area contributed by atoms with Gasteiger partial charge in [0, 0.05) is 18.2 Å². The molecule has 0 radical (unpaired) electrons. The fourth-order valence-electron chi connectivity index (χ4n) is 1.17. The number of methoxy groups -OCH3 is 1. The van der Waals surface area contributed by atoms with Crippen LogP contribution in [0.2, 0.25) is 0 Å². The SMILES string of the molecule is COC(=O)c1ccc([N+](=O)[O-])c(CN)c1. The number of rotatable bonds is 3. The minimum absolute atomic E-state index is 0.00114. The van der Waals surface area contributed by atoms with Gasteiger partial charge in [-0.2, -0.15) is 0 Å². The number of ether oxygens (including phenoxy) is 1. The van der Waals surface area contributed by atoms with Crippen LogP contribution in [0.15, 0.2) is 18.2 Å². The lowest BCUT2D eigenvalue weighted by Crippen LogP contribution is -2.06. The lowest BCUT2D eigenvalue weighted by molar-refractivity contribution is -0.385. The maximum Gasteiger partial charge on any atom is 0.337 e. The first-order chi connectivity index (χ1) is 7.10. The van der Waals surface area contributed by atoms with Gasteiger partial charge in [-0.25, -0.2) is 4.79 Å². The molecule has 0 spiro atoms. The quantitative estimate of drug-likeness (QED) is 0.453. The summed E-state index contributed by atoms with van der Waals surface area (Å²) in [6.07, 6.45) is 0. The fourth-order valence-corrected chi connectivity index (χ4v) is 1.17. The number of nitrogens with two attached hydrogens (primary N) is 1. The van der Waals surface area contributed by atoms with Crippen molar-refractivity contribution in [2.24, 2.45) is 5.73 Å². The largest absolute Gasteiger partial charge is 0.465 e. The van der Waals surface area contributed by atoms with Crippen LogP contribution in [0, 0.1) is 10.1 Å². The highest BCUT2D eigenvalue weighted by atomic mass is 16.6. The first kappa shape index (κ1) is 11.1. The number of hydrogen-bond acceptors (Lipinski definition) is 5. The summed E-state index contributed by atoms with van der Waals surface area (Å²) in [5.41, 5.74) is 5.81. The van der Waals surface area contributed by atoms with Crippen LogP contribution in [0.25, 0.3) is 0 Å². The van der Waals surface area contributed by atoms with Gasteiger partial charge in [-0.1, -0.05) is 0 Å². The van der Waals surface area contributed by atoms with E-state index in [9.17, 15) is 14.9 Å². The summed E-state index contributed by atoms with van der Waals surface area (Å²) in [4.78, 5) is 21.2. The number of nitro groups is 1. The van der Waals surface area contributed by atoms with E-state index >= 15 is 0 Å². The zero-order valence-corrected chi connectivity index (χ0v) is 8.10. The van der Waals surface area contributed by atoms with Crippen molar-refractivity contribution in [1.29, 1.82) is 0 Å². The number of esters is 1. The van der Waals surface area contributed by atoms with E-state index < -0.39 is 10.9 Å². The number of hydrogen-bond donors (Lipinski definition) is 1. The summed E-state index contributed by atoms with van der Waals surface area (Å²) in [5.74, 6) is -0.542. The minimum Gasteiger partial charge on any atom is -0.465 e. The van der Waals surface area contributed by atoms with Crippen molar-refractivity contribution >= 4 is 11.7 Å². The van der Waals surface area contributed by atoms with Gasteiger partial charge >= 0.3 is 5.97 Å². The molecule has 0 fully saturated rings. The zero-order chi connectivity index (χ0) is 11.4. The molecule has 2 N–H and O–H groups in total. The van der Waals surface area contributed by atoms with Gasteiger partial charge < -0.3 is 10.5 Å². The second-order valence-electron chi connectivity index (χ2n) is 2.80. The lowest BCUT2D eigenvalue weighted by Gasteiger charge is -2.02. The standard InChI is InChI=1S/C9H10N2O4/c1-15-9(12)6-2-3-8(11(13)14)7(4-6)5-10/h2-4H,5,10H2,1H3. The fraction of sp³-hybridized carbons (Fsp3) is 0.222. The number of carbonyl (C=O) groups excluding carboxylic acids is 1. The van der Waals surface area contributed by atoms with E-state index in [1.165, 1.54) is 25.3 Å². The Balaban J connectivity index is 3.19. The van der Waals surface area contributed by atoms with E-state index in [1.54, 1.807) is 0 Å². The second kappa shape index (κ2) is 4.52. The molecule has 0 saturated carbocycles. The van der Waals surface area contributed by atoms with Crippen molar-refractivity contribution in [3.8, 4) is 0 Å². The molecular formula is C9H10N2O4. The minimum atomic E-state index is -0.542. The van der Waals surface area contributed by atoms with Gasteiger partial charge in [-0.3, -0.25) is 10.1 Å². The van der Waals surface area contributed by atoms with E-state index in [0.29, 0.717) is 5.56 Å². The van der Waals surface area contributed by atoms with Gasteiger partial charge in [0.15, 0.2) is 0 Å². The summed E-state index contributed by atoms with van der Waals surface area (Å²) in [7, 11) is 1.24. The zero-order valence-electron chi connectivity index (χ0n) is 8.10. The molecule has 0 aromatic heterocycles. The molecule has 80 valence electrons. The Hall–Kier alpha value is -1.95. The van der Waals surface area contributed by atoms with Crippen molar-refractivity contribution in [3.63, 3.8) is 0 Å². The Labute approximate surface area is 85.8 Å². The Kier molecular flexibility index (Phi) is 3.35. The van der Waals surface area contributed by atoms with Gasteiger partial charge in [0.2, 0.25) is 0 Å². The third-order valence-electron chi connectivity index (χ3n) is 1.92. The predicted octanol–water partition coefficient (Wildman–Crippen LogP) is 0.840. The van der Waals surface area contributed by atoms with E-state index in [4.69, 9.17) is 5.73 Å². The molecule has 1 aromatic carbocycles. The van der Waals surface area contributed by atoms with Crippen LogP contribution in [0.5, 0.6) is 0 Å². The van der Waals surface area contributed by atoms with Crippen molar-refractivity contribution in [3.05, 3.63) is 39.4 Å². The van der Waals surface area contributed by atoms with E-state index in [2.05, 4.69) is 4.74 Å². The van der Waals surface area contributed by atoms with Crippen LogP contribution >= 0.6 is 0 Å². The molecular weight excluding hydrogens is 200 g/mol. The van der Waals surface area contributed by atoms with Crippen molar-refractivity contribution in [2.45, 2.75) is 6.54 Å². The molecule has 0 amide bonds. The van der Waals surface area contributed by atoms with Gasteiger partial charge in [0.25, 0.3) is 5.69 Å². The van der Waals surface area contributed by atoms with Crippen molar-refractivity contribution in [2.75, 3.05) is 7.11 Å². The molecule has 15 heavy (non-hydrogen) atoms. The van der Waals surface area contributed by atoms with E-state index in [-0.39, 0.29) is 17.8 Å². The van der Waals surface area contributed by atoms with Crippen LogP contribution in [0.1, 0.15) is 15.9 Å². The van der Waals surface area contributed by atoms with Crippen LogP contribution in [0.4, 0.5) is 5.69 Å². The molecule has 0 aliphatic heterocycles. The third kappa shape index (κ3) is 2.29. The Morgan fingerprint density at radius 2 is 2.27 bits per heavy atom. The number of nitrogens with zero attached hydrogens (tertiary/aromatic N) is 1. The van der Waals surface area contributed by atoms with Crippen molar-refractivity contribution < 1.29 is 14.5 Å². The Bertz CT molecular complexity index is 403. The second-order valence-corrected chi connectivity index (χ2v) is 2.80. The molecule has 0 aliphatic carbocycles. The van der Waals surface area contributed by atoms with Gasteiger partial charge in [0.05, 0.1) is 17.6 Å². The number of nitro benzene ring substituents is 1. The molecule has 6 heteroatoms. The summed E-state index contributed by atoms with van der Waals surface area (Å²) >= 11 is 0. The summed E-state index contributed by atoms with van der Waals surface area (Å²) in [5, 5.41) is 10.6. The number of carbonyl (C=O) groups is 1. The summed E-state index contributed by atoms with van der Waals surface area (Å²) < 4.78 is 4.49. The van der Waals surface area contributed by atoms with E-state index in [1.807, 2.05) is 0 Å². The smallest absolute Gasteiger partial charge is 0.337 e. The van der Waals surface area contributed by atoms with Gasteiger partial charge in [0.1, 0.15) is 0 Å². The monoisotopic (exact) mass is 210 g/mol. The molecule has 0 saturated heterocycles. The average Bonchev–Trinajstić information content (AvgIpc) is 2.26. The number of benzene rings is 1. The molecule has 0 bridgehead atoms. The lowest BCUT2D eigenvalue weighted by atomic mass is 10.1. The highest BCUT2D eigenvalue weighted by Crippen LogP contribution is 2.19. The van der Waals surface area contributed by atoms with Crippen LogP contribution in [0.3, 0.4) is 0 Å². The highest BCUT2D eigenvalue weighted by Gasteiger charge is 2.15. The Morgan fingerprint density at radius 3 is 2.73 bits per heavy atom. The average molecular weight is 210 g/mol. The van der Waals surface area contributed by atoms with Crippen LogP contribution in [-0.4, -0.2) is 18.0 Å². The molecule has 0 atom stereocenters. The summed E-state index contributed by atoms with van der Waals surface area (Å²) in [6.45, 7) is 0.00114. The molecule has 6 nitrogen and oxygen atoms in total. The Morgan fingerprint density at radius 1 is 1.60 bits per heavy atom.